The maximum absolute atomic E-state index is 13.5. The van der Waals surface area contributed by atoms with Crippen molar-refractivity contribution < 1.29 is 13.9 Å². The maximum atomic E-state index is 13.5. The van der Waals surface area contributed by atoms with Crippen LogP contribution in [0.3, 0.4) is 0 Å². The van der Waals surface area contributed by atoms with Gasteiger partial charge in [0.05, 0.1) is 16.1 Å². The van der Waals surface area contributed by atoms with E-state index in [2.05, 4.69) is 0 Å². The molecule has 0 fully saturated rings. The second kappa shape index (κ2) is 6.53. The molecular formula is C15H12Cl2F2O. The van der Waals surface area contributed by atoms with Crippen molar-refractivity contribution in [1.29, 1.82) is 0 Å². The van der Waals surface area contributed by atoms with Crippen molar-refractivity contribution in [2.24, 2.45) is 0 Å². The summed E-state index contributed by atoms with van der Waals surface area (Å²) in [5.41, 5.74) is 0.950. The van der Waals surface area contributed by atoms with Crippen LogP contribution in [0.4, 0.5) is 8.78 Å². The van der Waals surface area contributed by atoms with Gasteiger partial charge in [-0.2, -0.15) is 0 Å². The highest BCUT2D eigenvalue weighted by Crippen LogP contribution is 2.27. The first-order valence-electron chi connectivity index (χ1n) is 6.02. The van der Waals surface area contributed by atoms with Crippen molar-refractivity contribution in [1.82, 2.24) is 0 Å². The van der Waals surface area contributed by atoms with Crippen LogP contribution in [-0.4, -0.2) is 11.2 Å². The van der Waals surface area contributed by atoms with Gasteiger partial charge in [0, 0.05) is 18.9 Å². The zero-order valence-electron chi connectivity index (χ0n) is 10.4. The first-order chi connectivity index (χ1) is 9.47. The van der Waals surface area contributed by atoms with E-state index in [1.165, 1.54) is 6.07 Å². The Morgan fingerprint density at radius 3 is 2.40 bits per heavy atom. The minimum absolute atomic E-state index is 0.0783. The Morgan fingerprint density at radius 1 is 1.00 bits per heavy atom. The van der Waals surface area contributed by atoms with Crippen LogP contribution in [0.2, 0.25) is 10.0 Å². The van der Waals surface area contributed by atoms with Crippen LogP contribution in [-0.2, 0) is 12.8 Å². The third kappa shape index (κ3) is 3.69. The normalized spacial score (nSPS) is 12.4. The van der Waals surface area contributed by atoms with E-state index in [9.17, 15) is 13.9 Å². The van der Waals surface area contributed by atoms with E-state index < -0.39 is 17.7 Å². The summed E-state index contributed by atoms with van der Waals surface area (Å²) in [6.45, 7) is 0. The number of halogens is 4. The number of benzene rings is 2. The quantitative estimate of drug-likeness (QED) is 0.885. The number of hydrogen-bond donors (Lipinski definition) is 1. The standard InChI is InChI=1S/C15H12Cl2F2O/c16-13-3-1-2-10(15(13)17)7-12(20)6-9-4-5-11(18)8-14(9)19/h1-5,8,12,20H,6-7H2. The highest BCUT2D eigenvalue weighted by Gasteiger charge is 2.13. The van der Waals surface area contributed by atoms with Gasteiger partial charge >= 0.3 is 0 Å². The van der Waals surface area contributed by atoms with Crippen LogP contribution < -0.4 is 0 Å². The molecule has 0 heterocycles. The Labute approximate surface area is 125 Å². The van der Waals surface area contributed by atoms with Crippen LogP contribution in [0.15, 0.2) is 36.4 Å². The van der Waals surface area contributed by atoms with Crippen LogP contribution in [0, 0.1) is 11.6 Å². The first kappa shape index (κ1) is 15.2. The zero-order chi connectivity index (χ0) is 14.7. The van der Waals surface area contributed by atoms with Gasteiger partial charge in [-0.1, -0.05) is 41.4 Å². The number of rotatable bonds is 4. The summed E-state index contributed by atoms with van der Waals surface area (Å²) in [4.78, 5) is 0. The van der Waals surface area contributed by atoms with Crippen molar-refractivity contribution >= 4 is 23.2 Å². The lowest BCUT2D eigenvalue weighted by atomic mass is 10.0. The summed E-state index contributed by atoms with van der Waals surface area (Å²) in [6, 6.07) is 8.42. The molecule has 5 heteroatoms. The SMILES string of the molecule is OC(Cc1ccc(F)cc1F)Cc1cccc(Cl)c1Cl. The van der Waals surface area contributed by atoms with Gasteiger partial charge in [-0.15, -0.1) is 0 Å². The second-order valence-corrected chi connectivity index (χ2v) is 5.30. The lowest BCUT2D eigenvalue weighted by molar-refractivity contribution is 0.174. The largest absolute Gasteiger partial charge is 0.392 e. The summed E-state index contributed by atoms with van der Waals surface area (Å²) in [5, 5.41) is 10.8. The van der Waals surface area contributed by atoms with Gasteiger partial charge in [-0.25, -0.2) is 8.78 Å². The smallest absolute Gasteiger partial charge is 0.129 e. The summed E-state index contributed by atoms with van der Waals surface area (Å²) < 4.78 is 26.3. The van der Waals surface area contributed by atoms with Crippen molar-refractivity contribution in [2.75, 3.05) is 0 Å². The van der Waals surface area contributed by atoms with E-state index in [1.54, 1.807) is 18.2 Å². The minimum atomic E-state index is -0.828. The van der Waals surface area contributed by atoms with Crippen molar-refractivity contribution in [3.63, 3.8) is 0 Å². The summed E-state index contributed by atoms with van der Waals surface area (Å²) >= 11 is 11.9. The molecule has 0 radical (unpaired) electrons. The van der Waals surface area contributed by atoms with Gasteiger partial charge in [0.25, 0.3) is 0 Å². The molecule has 0 bridgehead atoms. The zero-order valence-corrected chi connectivity index (χ0v) is 11.9. The lowest BCUT2D eigenvalue weighted by Crippen LogP contribution is -2.15. The van der Waals surface area contributed by atoms with Crippen molar-refractivity contribution in [3.05, 3.63) is 69.2 Å². The molecule has 0 saturated carbocycles. The van der Waals surface area contributed by atoms with Gasteiger partial charge in [0.2, 0.25) is 0 Å². The second-order valence-electron chi connectivity index (χ2n) is 4.51. The molecule has 2 rings (SSSR count). The van der Waals surface area contributed by atoms with Gasteiger partial charge in [-0.3, -0.25) is 0 Å². The van der Waals surface area contributed by atoms with E-state index in [4.69, 9.17) is 23.2 Å². The predicted molar refractivity (Wildman–Crippen MR) is 76.2 cm³/mol. The van der Waals surface area contributed by atoms with Crippen molar-refractivity contribution in [2.45, 2.75) is 18.9 Å². The summed E-state index contributed by atoms with van der Waals surface area (Å²) in [6.07, 6.45) is -0.503. The fraction of sp³-hybridized carbons (Fsp3) is 0.200. The Hall–Kier alpha value is -1.16. The van der Waals surface area contributed by atoms with Gasteiger partial charge in [-0.05, 0) is 23.3 Å². The Kier molecular flexibility index (Phi) is 4.97. The monoisotopic (exact) mass is 316 g/mol. The van der Waals surface area contributed by atoms with E-state index in [1.807, 2.05) is 0 Å². The first-order valence-corrected chi connectivity index (χ1v) is 6.78. The van der Waals surface area contributed by atoms with Gasteiger partial charge < -0.3 is 5.11 Å². The number of hydrogen-bond acceptors (Lipinski definition) is 1. The molecule has 1 N–H and O–H groups in total. The molecule has 0 amide bonds. The van der Waals surface area contributed by atoms with E-state index >= 15 is 0 Å². The van der Waals surface area contributed by atoms with Crippen LogP contribution >= 0.6 is 23.2 Å². The third-order valence-corrected chi connectivity index (χ3v) is 3.82. The number of aliphatic hydroxyl groups excluding tert-OH is 1. The van der Waals surface area contributed by atoms with Crippen LogP contribution in [0.1, 0.15) is 11.1 Å². The van der Waals surface area contributed by atoms with E-state index in [0.717, 1.165) is 12.1 Å². The minimum Gasteiger partial charge on any atom is -0.392 e. The van der Waals surface area contributed by atoms with E-state index in [0.29, 0.717) is 15.6 Å². The predicted octanol–water partition coefficient (Wildman–Crippen LogP) is 4.42. The highest BCUT2D eigenvalue weighted by atomic mass is 35.5. The summed E-state index contributed by atoms with van der Waals surface area (Å²) in [7, 11) is 0. The molecule has 0 aromatic heterocycles. The lowest BCUT2D eigenvalue weighted by Gasteiger charge is -2.13. The molecule has 0 aliphatic carbocycles. The highest BCUT2D eigenvalue weighted by molar-refractivity contribution is 6.42. The fourth-order valence-corrected chi connectivity index (χ4v) is 2.37. The number of aliphatic hydroxyl groups is 1. The molecule has 2 aromatic carbocycles. The topological polar surface area (TPSA) is 20.2 Å². The Bertz CT molecular complexity index is 617. The Morgan fingerprint density at radius 2 is 1.70 bits per heavy atom. The van der Waals surface area contributed by atoms with Crippen LogP contribution in [0.5, 0.6) is 0 Å². The molecule has 0 aliphatic heterocycles. The average Bonchev–Trinajstić information content (AvgIpc) is 2.38. The van der Waals surface area contributed by atoms with Gasteiger partial charge in [0.1, 0.15) is 11.6 Å². The molecular weight excluding hydrogens is 305 g/mol. The summed E-state index contributed by atoms with van der Waals surface area (Å²) in [5.74, 6) is -1.31. The molecule has 0 aliphatic rings. The third-order valence-electron chi connectivity index (χ3n) is 2.96. The average molecular weight is 317 g/mol. The molecule has 0 saturated heterocycles. The molecule has 1 nitrogen and oxygen atoms in total. The molecule has 20 heavy (non-hydrogen) atoms. The maximum Gasteiger partial charge on any atom is 0.129 e. The molecule has 106 valence electrons. The molecule has 1 unspecified atom stereocenters. The Balaban J connectivity index is 2.09. The van der Waals surface area contributed by atoms with Gasteiger partial charge in [0.15, 0.2) is 0 Å². The van der Waals surface area contributed by atoms with Crippen LogP contribution in [0.25, 0.3) is 0 Å². The van der Waals surface area contributed by atoms with E-state index in [-0.39, 0.29) is 18.4 Å². The fourth-order valence-electron chi connectivity index (χ4n) is 1.97. The molecule has 1 atom stereocenters. The molecule has 2 aromatic rings. The molecule has 0 spiro atoms. The van der Waals surface area contributed by atoms with Crippen molar-refractivity contribution in [3.8, 4) is 0 Å².